The average molecular weight is 223 g/mol. The fourth-order valence-electron chi connectivity index (χ4n) is 1.11. The van der Waals surface area contributed by atoms with Crippen LogP contribution in [0.2, 0.25) is 0 Å². The van der Waals surface area contributed by atoms with Crippen molar-refractivity contribution in [3.05, 3.63) is 29.6 Å². The molecule has 0 amide bonds. The normalized spacial score (nSPS) is 9.62. The second-order valence-electron chi connectivity index (χ2n) is 3.12. The van der Waals surface area contributed by atoms with E-state index in [1.165, 1.54) is 20.2 Å². The Hall–Kier alpha value is -1.91. The van der Waals surface area contributed by atoms with Crippen LogP contribution in [0.1, 0.15) is 23.0 Å². The number of hydrogen-bond donors (Lipinski definition) is 0. The van der Waals surface area contributed by atoms with Crippen molar-refractivity contribution in [3.8, 4) is 0 Å². The van der Waals surface area contributed by atoms with Crippen molar-refractivity contribution in [2.75, 3.05) is 13.7 Å². The number of rotatable bonds is 4. The first-order chi connectivity index (χ1) is 7.63. The molecule has 86 valence electrons. The minimum Gasteiger partial charge on any atom is -0.465 e. The van der Waals surface area contributed by atoms with Gasteiger partial charge in [0.25, 0.3) is 0 Å². The first-order valence-electron chi connectivity index (χ1n) is 4.80. The summed E-state index contributed by atoms with van der Waals surface area (Å²) in [6, 6.07) is 3.33. The van der Waals surface area contributed by atoms with Crippen molar-refractivity contribution in [2.45, 2.75) is 13.3 Å². The zero-order chi connectivity index (χ0) is 12.0. The highest BCUT2D eigenvalue weighted by Crippen LogP contribution is 2.02. The van der Waals surface area contributed by atoms with Crippen LogP contribution < -0.4 is 0 Å². The van der Waals surface area contributed by atoms with Crippen molar-refractivity contribution in [1.82, 2.24) is 4.98 Å². The fraction of sp³-hybridized carbons (Fsp3) is 0.364. The van der Waals surface area contributed by atoms with Gasteiger partial charge in [-0.05, 0) is 12.1 Å². The monoisotopic (exact) mass is 223 g/mol. The molecule has 16 heavy (non-hydrogen) atoms. The standard InChI is InChI=1S/C11H13NO4/c1-8(13)16-6-5-10-4-3-9(7-12-10)11(14)15-2/h3-4,7H,5-6H2,1-2H3. The Morgan fingerprint density at radius 1 is 1.38 bits per heavy atom. The summed E-state index contributed by atoms with van der Waals surface area (Å²) < 4.78 is 9.31. The van der Waals surface area contributed by atoms with Crippen LogP contribution in [-0.4, -0.2) is 30.6 Å². The molecule has 0 aliphatic rings. The quantitative estimate of drug-likeness (QED) is 0.712. The molecule has 0 aromatic carbocycles. The lowest BCUT2D eigenvalue weighted by Crippen LogP contribution is -2.06. The molecule has 0 saturated carbocycles. The largest absolute Gasteiger partial charge is 0.465 e. The van der Waals surface area contributed by atoms with Gasteiger partial charge >= 0.3 is 11.9 Å². The smallest absolute Gasteiger partial charge is 0.339 e. The molecule has 1 heterocycles. The molecular weight excluding hydrogens is 210 g/mol. The van der Waals surface area contributed by atoms with E-state index in [1.54, 1.807) is 12.1 Å². The van der Waals surface area contributed by atoms with Crippen molar-refractivity contribution in [1.29, 1.82) is 0 Å². The van der Waals surface area contributed by atoms with Crippen LogP contribution in [0.4, 0.5) is 0 Å². The van der Waals surface area contributed by atoms with Crippen LogP contribution >= 0.6 is 0 Å². The number of hydrogen-bond acceptors (Lipinski definition) is 5. The zero-order valence-electron chi connectivity index (χ0n) is 9.23. The minimum absolute atomic E-state index is 0.292. The number of ether oxygens (including phenoxy) is 2. The van der Waals surface area contributed by atoms with Gasteiger partial charge in [-0.25, -0.2) is 4.79 Å². The van der Waals surface area contributed by atoms with Gasteiger partial charge in [-0.15, -0.1) is 0 Å². The van der Waals surface area contributed by atoms with Crippen molar-refractivity contribution >= 4 is 11.9 Å². The number of esters is 2. The highest BCUT2D eigenvalue weighted by Gasteiger charge is 2.05. The Bertz CT molecular complexity index is 372. The van der Waals surface area contributed by atoms with Gasteiger partial charge in [0.15, 0.2) is 0 Å². The number of methoxy groups -OCH3 is 1. The Morgan fingerprint density at radius 3 is 2.62 bits per heavy atom. The van der Waals surface area contributed by atoms with E-state index in [0.717, 1.165) is 5.69 Å². The van der Waals surface area contributed by atoms with E-state index >= 15 is 0 Å². The first-order valence-corrected chi connectivity index (χ1v) is 4.80. The SMILES string of the molecule is COC(=O)c1ccc(CCOC(C)=O)nc1. The topological polar surface area (TPSA) is 65.5 Å². The third-order valence-electron chi connectivity index (χ3n) is 1.91. The first kappa shape index (κ1) is 12.2. The predicted molar refractivity (Wildman–Crippen MR) is 55.9 cm³/mol. The fourth-order valence-corrected chi connectivity index (χ4v) is 1.11. The summed E-state index contributed by atoms with van der Waals surface area (Å²) >= 11 is 0. The maximum absolute atomic E-state index is 11.1. The number of carbonyl (C=O) groups excluding carboxylic acids is 2. The molecule has 0 aliphatic carbocycles. The molecule has 0 saturated heterocycles. The molecule has 0 aliphatic heterocycles. The molecule has 5 heteroatoms. The molecule has 1 aromatic rings. The lowest BCUT2D eigenvalue weighted by molar-refractivity contribution is -0.140. The van der Waals surface area contributed by atoms with E-state index < -0.39 is 5.97 Å². The molecule has 1 aromatic heterocycles. The van der Waals surface area contributed by atoms with Crippen LogP contribution in [-0.2, 0) is 20.7 Å². The second kappa shape index (κ2) is 5.85. The van der Waals surface area contributed by atoms with Gasteiger partial charge in [-0.1, -0.05) is 0 Å². The van der Waals surface area contributed by atoms with Gasteiger partial charge in [0.1, 0.15) is 0 Å². The van der Waals surface area contributed by atoms with Gasteiger partial charge in [0.2, 0.25) is 0 Å². The van der Waals surface area contributed by atoms with Gasteiger partial charge in [0, 0.05) is 25.2 Å². The summed E-state index contributed by atoms with van der Waals surface area (Å²) in [6.45, 7) is 1.65. The summed E-state index contributed by atoms with van der Waals surface area (Å²) in [5, 5.41) is 0. The number of aromatic nitrogens is 1. The summed E-state index contributed by atoms with van der Waals surface area (Å²) in [4.78, 5) is 25.7. The molecule has 0 radical (unpaired) electrons. The highest BCUT2D eigenvalue weighted by molar-refractivity contribution is 5.88. The molecule has 5 nitrogen and oxygen atoms in total. The summed E-state index contributed by atoms with van der Waals surface area (Å²) in [5.41, 5.74) is 1.16. The highest BCUT2D eigenvalue weighted by atomic mass is 16.5. The van der Waals surface area contributed by atoms with Gasteiger partial charge in [-0.3, -0.25) is 9.78 Å². The molecule has 0 bridgehead atoms. The summed E-state index contributed by atoms with van der Waals surface area (Å²) in [5.74, 6) is -0.731. The summed E-state index contributed by atoms with van der Waals surface area (Å²) in [6.07, 6.45) is 1.97. The van der Waals surface area contributed by atoms with E-state index in [2.05, 4.69) is 9.72 Å². The third-order valence-corrected chi connectivity index (χ3v) is 1.91. The molecule has 0 atom stereocenters. The molecule has 0 N–H and O–H groups in total. The molecular formula is C11H13NO4. The zero-order valence-corrected chi connectivity index (χ0v) is 9.23. The van der Waals surface area contributed by atoms with E-state index in [4.69, 9.17) is 4.74 Å². The number of pyridine rings is 1. The maximum Gasteiger partial charge on any atom is 0.339 e. The third kappa shape index (κ3) is 3.68. The average Bonchev–Trinajstić information content (AvgIpc) is 2.28. The Labute approximate surface area is 93.4 Å². The van der Waals surface area contributed by atoms with Crippen molar-refractivity contribution in [2.24, 2.45) is 0 Å². The van der Waals surface area contributed by atoms with Crippen LogP contribution in [0, 0.1) is 0 Å². The number of nitrogens with zero attached hydrogens (tertiary/aromatic N) is 1. The minimum atomic E-state index is -0.418. The molecule has 0 unspecified atom stereocenters. The second-order valence-corrected chi connectivity index (χ2v) is 3.12. The Kier molecular flexibility index (Phi) is 4.44. The van der Waals surface area contributed by atoms with Gasteiger partial charge in [-0.2, -0.15) is 0 Å². The molecule has 0 spiro atoms. The van der Waals surface area contributed by atoms with Gasteiger partial charge < -0.3 is 9.47 Å². The van der Waals surface area contributed by atoms with Crippen LogP contribution in [0.15, 0.2) is 18.3 Å². The van der Waals surface area contributed by atoms with Crippen LogP contribution in [0.25, 0.3) is 0 Å². The van der Waals surface area contributed by atoms with Crippen LogP contribution in [0.5, 0.6) is 0 Å². The maximum atomic E-state index is 11.1. The summed E-state index contributed by atoms with van der Waals surface area (Å²) in [7, 11) is 1.32. The van der Waals surface area contributed by atoms with E-state index in [0.29, 0.717) is 18.6 Å². The van der Waals surface area contributed by atoms with E-state index in [1.807, 2.05) is 0 Å². The van der Waals surface area contributed by atoms with Crippen molar-refractivity contribution < 1.29 is 19.1 Å². The molecule has 1 rings (SSSR count). The Morgan fingerprint density at radius 2 is 2.12 bits per heavy atom. The number of carbonyl (C=O) groups is 2. The van der Waals surface area contributed by atoms with E-state index in [-0.39, 0.29) is 5.97 Å². The lowest BCUT2D eigenvalue weighted by atomic mass is 10.2. The predicted octanol–water partition coefficient (Wildman–Crippen LogP) is 0.974. The van der Waals surface area contributed by atoms with E-state index in [9.17, 15) is 9.59 Å². The van der Waals surface area contributed by atoms with Gasteiger partial charge in [0.05, 0.1) is 19.3 Å². The molecule has 0 fully saturated rings. The van der Waals surface area contributed by atoms with Crippen LogP contribution in [0.3, 0.4) is 0 Å². The van der Waals surface area contributed by atoms with Crippen molar-refractivity contribution in [3.63, 3.8) is 0 Å². The lowest BCUT2D eigenvalue weighted by Gasteiger charge is -2.02. The Balaban J connectivity index is 2.51.